The molecule has 58 valence electrons. The van der Waals surface area contributed by atoms with Crippen LogP contribution < -0.4 is 0 Å². The Morgan fingerprint density at radius 1 is 1.70 bits per heavy atom. The van der Waals surface area contributed by atoms with E-state index < -0.39 is 8.03 Å². The largest absolute Gasteiger partial charge is 0.508 e. The van der Waals surface area contributed by atoms with Crippen LogP contribution in [0.1, 0.15) is 20.3 Å². The van der Waals surface area contributed by atoms with Gasteiger partial charge in [-0.2, -0.15) is 0 Å². The molecule has 0 aromatic carbocycles. The molecule has 0 saturated carbocycles. The second-order valence-electron chi connectivity index (χ2n) is 2.29. The van der Waals surface area contributed by atoms with Crippen LogP contribution in [0.2, 0.25) is 0 Å². The van der Waals surface area contributed by atoms with Crippen molar-refractivity contribution in [1.82, 2.24) is 0 Å². The van der Waals surface area contributed by atoms with Gasteiger partial charge in [-0.1, -0.05) is 6.08 Å². The second-order valence-corrected chi connectivity index (χ2v) is 3.61. The number of rotatable bonds is 5. The molecular formula is C7H14O2P+. The lowest BCUT2D eigenvalue weighted by Gasteiger charge is -1.91. The number of hydrogen-bond acceptors (Lipinski definition) is 2. The van der Waals surface area contributed by atoms with Crippen LogP contribution in [-0.4, -0.2) is 12.3 Å². The maximum absolute atomic E-state index is 10.9. The zero-order valence-electron chi connectivity index (χ0n) is 6.54. The molecule has 10 heavy (non-hydrogen) atoms. The fourth-order valence-corrected chi connectivity index (χ4v) is 1.45. The van der Waals surface area contributed by atoms with E-state index in [1.807, 2.05) is 13.8 Å². The Bertz CT molecular complexity index is 121. The predicted octanol–water partition coefficient (Wildman–Crippen LogP) is 2.73. The first kappa shape index (κ1) is 9.80. The molecule has 0 aromatic heterocycles. The minimum atomic E-state index is -1.45. The van der Waals surface area contributed by atoms with Gasteiger partial charge in [-0.3, -0.25) is 0 Å². The molecule has 0 aliphatic rings. The van der Waals surface area contributed by atoms with Crippen molar-refractivity contribution in [2.45, 2.75) is 26.4 Å². The molecule has 0 bridgehead atoms. The van der Waals surface area contributed by atoms with Gasteiger partial charge in [0.05, 0.1) is 0 Å². The van der Waals surface area contributed by atoms with Crippen molar-refractivity contribution >= 4 is 8.03 Å². The van der Waals surface area contributed by atoms with Crippen molar-refractivity contribution in [3.8, 4) is 0 Å². The Balaban J connectivity index is 3.34. The summed E-state index contributed by atoms with van der Waals surface area (Å²) in [5.41, 5.74) is 0. The van der Waals surface area contributed by atoms with E-state index in [1.54, 1.807) is 6.08 Å². The van der Waals surface area contributed by atoms with Crippen LogP contribution in [0, 0.1) is 0 Å². The van der Waals surface area contributed by atoms with E-state index in [0.29, 0.717) is 6.16 Å². The first-order valence-corrected chi connectivity index (χ1v) is 4.75. The highest BCUT2D eigenvalue weighted by atomic mass is 31.1. The van der Waals surface area contributed by atoms with Gasteiger partial charge in [-0.25, -0.2) is 0 Å². The van der Waals surface area contributed by atoms with Gasteiger partial charge in [0.25, 0.3) is 0 Å². The number of allylic oxidation sites excluding steroid dienone is 1. The lowest BCUT2D eigenvalue weighted by atomic mass is 10.5. The van der Waals surface area contributed by atoms with Gasteiger partial charge in [-0.15, -0.1) is 11.1 Å². The van der Waals surface area contributed by atoms with Crippen molar-refractivity contribution in [1.29, 1.82) is 0 Å². The lowest BCUT2D eigenvalue weighted by Crippen LogP contribution is -1.95. The molecule has 0 amide bonds. The lowest BCUT2D eigenvalue weighted by molar-refractivity contribution is 0.256. The summed E-state index contributed by atoms with van der Waals surface area (Å²) in [6.45, 7) is 7.28. The van der Waals surface area contributed by atoms with Crippen LogP contribution >= 0.6 is 8.03 Å². The average molecular weight is 161 g/mol. The van der Waals surface area contributed by atoms with E-state index >= 15 is 0 Å². The Kier molecular flexibility index (Phi) is 5.46. The van der Waals surface area contributed by atoms with E-state index in [0.717, 1.165) is 6.42 Å². The zero-order chi connectivity index (χ0) is 7.98. The van der Waals surface area contributed by atoms with Crippen LogP contribution in [0.5, 0.6) is 0 Å². The van der Waals surface area contributed by atoms with Gasteiger partial charge >= 0.3 is 8.03 Å². The van der Waals surface area contributed by atoms with Crippen molar-refractivity contribution < 1.29 is 9.09 Å². The summed E-state index contributed by atoms with van der Waals surface area (Å²) in [7, 11) is -1.45. The Hall–Kier alpha value is -0.200. The molecule has 0 radical (unpaired) electrons. The Morgan fingerprint density at radius 2 is 2.30 bits per heavy atom. The predicted molar refractivity (Wildman–Crippen MR) is 43.5 cm³/mol. The smallest absolute Gasteiger partial charge is 0.144 e. The van der Waals surface area contributed by atoms with Gasteiger partial charge in [0.2, 0.25) is 0 Å². The molecule has 1 atom stereocenters. The van der Waals surface area contributed by atoms with E-state index in [4.69, 9.17) is 4.52 Å². The highest BCUT2D eigenvalue weighted by Crippen LogP contribution is 2.24. The summed E-state index contributed by atoms with van der Waals surface area (Å²) in [5.74, 6) is 0. The van der Waals surface area contributed by atoms with Gasteiger partial charge in [0.1, 0.15) is 6.10 Å². The fraction of sp³-hybridized carbons (Fsp3) is 0.714. The van der Waals surface area contributed by atoms with Gasteiger partial charge in [-0.05, 0) is 18.4 Å². The maximum Gasteiger partial charge on any atom is 0.508 e. The van der Waals surface area contributed by atoms with Crippen LogP contribution in [-0.2, 0) is 9.09 Å². The zero-order valence-corrected chi connectivity index (χ0v) is 7.43. The van der Waals surface area contributed by atoms with E-state index in [2.05, 4.69) is 6.58 Å². The highest BCUT2D eigenvalue weighted by Gasteiger charge is 2.17. The van der Waals surface area contributed by atoms with Gasteiger partial charge in [0.15, 0.2) is 6.16 Å². The van der Waals surface area contributed by atoms with Gasteiger partial charge < -0.3 is 0 Å². The fourth-order valence-electron chi connectivity index (χ4n) is 0.485. The first-order chi connectivity index (χ1) is 4.66. The molecule has 0 aliphatic carbocycles. The Labute approximate surface area is 63.1 Å². The molecule has 2 nitrogen and oxygen atoms in total. The molecule has 1 unspecified atom stereocenters. The maximum atomic E-state index is 10.9. The molecule has 0 heterocycles. The normalized spacial score (nSPS) is 11.7. The topological polar surface area (TPSA) is 26.3 Å². The second kappa shape index (κ2) is 5.57. The van der Waals surface area contributed by atoms with Crippen LogP contribution in [0.15, 0.2) is 12.7 Å². The summed E-state index contributed by atoms with van der Waals surface area (Å²) in [4.78, 5) is 0. The van der Waals surface area contributed by atoms with Crippen LogP contribution in [0.3, 0.4) is 0 Å². The molecule has 0 N–H and O–H groups in total. The first-order valence-electron chi connectivity index (χ1n) is 3.39. The summed E-state index contributed by atoms with van der Waals surface area (Å²) in [6.07, 6.45) is 3.17. The van der Waals surface area contributed by atoms with Crippen molar-refractivity contribution in [2.24, 2.45) is 0 Å². The highest BCUT2D eigenvalue weighted by molar-refractivity contribution is 7.39. The molecule has 0 aliphatic heterocycles. The molecule has 3 heteroatoms. The third kappa shape index (κ3) is 5.93. The third-order valence-electron chi connectivity index (χ3n) is 0.844. The standard InChI is InChI=1S/C7H14O2P/c1-4-5-6-10(8)9-7(2)3/h4,7H,1,5-6H2,2-3H3/q+1. The molecular weight excluding hydrogens is 147 g/mol. The van der Waals surface area contributed by atoms with Crippen molar-refractivity contribution in [3.63, 3.8) is 0 Å². The summed E-state index contributed by atoms with van der Waals surface area (Å²) >= 11 is 0. The van der Waals surface area contributed by atoms with Gasteiger partial charge in [0, 0.05) is 6.42 Å². The van der Waals surface area contributed by atoms with Crippen molar-refractivity contribution in [3.05, 3.63) is 12.7 Å². The van der Waals surface area contributed by atoms with E-state index in [1.165, 1.54) is 0 Å². The Morgan fingerprint density at radius 3 is 2.70 bits per heavy atom. The molecule has 0 spiro atoms. The minimum absolute atomic E-state index is 0.0634. The summed E-state index contributed by atoms with van der Waals surface area (Å²) in [6, 6.07) is 0. The average Bonchev–Trinajstić information content (AvgIpc) is 1.82. The number of hydrogen-bond donors (Lipinski definition) is 0. The quantitative estimate of drug-likeness (QED) is 0.457. The molecule has 0 aromatic rings. The summed E-state index contributed by atoms with van der Waals surface area (Å²) < 4.78 is 15.9. The van der Waals surface area contributed by atoms with E-state index in [9.17, 15) is 4.57 Å². The third-order valence-corrected chi connectivity index (χ3v) is 2.12. The molecule has 0 saturated heterocycles. The monoisotopic (exact) mass is 161 g/mol. The SMILES string of the molecule is C=CCC[P+](=O)OC(C)C. The van der Waals surface area contributed by atoms with Crippen LogP contribution in [0.25, 0.3) is 0 Å². The summed E-state index contributed by atoms with van der Waals surface area (Å²) in [5, 5.41) is 0. The molecule has 0 rings (SSSR count). The van der Waals surface area contributed by atoms with Crippen LogP contribution in [0.4, 0.5) is 0 Å². The van der Waals surface area contributed by atoms with E-state index in [-0.39, 0.29) is 6.10 Å². The minimum Gasteiger partial charge on any atom is -0.144 e. The molecule has 0 fully saturated rings. The van der Waals surface area contributed by atoms with Crippen molar-refractivity contribution in [2.75, 3.05) is 6.16 Å².